The zero-order chi connectivity index (χ0) is 10.5. The summed E-state index contributed by atoms with van der Waals surface area (Å²) in [5.74, 6) is 0. The summed E-state index contributed by atoms with van der Waals surface area (Å²) in [4.78, 5) is 30.6. The van der Waals surface area contributed by atoms with E-state index in [0.29, 0.717) is 0 Å². The Hall–Kier alpha value is -1.63. The number of aromatic nitrogens is 2. The topological polar surface area (TPSA) is 68.7 Å². The molecule has 0 aromatic carbocycles. The smallest absolute Gasteiger partial charge is 0.279 e. The molecule has 0 aliphatic carbocycles. The summed E-state index contributed by atoms with van der Waals surface area (Å²) in [6, 6.07) is 0. The second-order valence-corrected chi connectivity index (χ2v) is 3.25. The highest BCUT2D eigenvalue weighted by molar-refractivity contribution is 7.80. The van der Waals surface area contributed by atoms with Crippen molar-refractivity contribution in [3.8, 4) is 0 Å². The molecule has 1 aromatic rings. The summed E-state index contributed by atoms with van der Waals surface area (Å²) in [7, 11) is 2.91. The summed E-state index contributed by atoms with van der Waals surface area (Å²) in [6.07, 6.45) is 0. The van der Waals surface area contributed by atoms with Gasteiger partial charge in [-0.15, -0.1) is 0 Å². The average molecular weight is 210 g/mol. The van der Waals surface area contributed by atoms with Gasteiger partial charge in [0.05, 0.1) is 0 Å². The highest BCUT2D eigenvalue weighted by atomic mass is 32.1. The molecule has 14 heavy (non-hydrogen) atoms. The highest BCUT2D eigenvalue weighted by Crippen LogP contribution is 1.80. The molecule has 7 heteroatoms. The van der Waals surface area contributed by atoms with Crippen molar-refractivity contribution in [3.05, 3.63) is 31.7 Å². The zero-order valence-corrected chi connectivity index (χ0v) is 8.33. The van der Waals surface area contributed by atoms with Crippen LogP contribution in [0.4, 0.5) is 0 Å². The van der Waals surface area contributed by atoms with Crippen molar-refractivity contribution in [1.82, 2.24) is 9.13 Å². The predicted molar refractivity (Wildman–Crippen MR) is 51.8 cm³/mol. The number of fused-ring (bicyclic) bond motifs is 1. The molecule has 0 atom stereocenters. The fraction of sp³-hybridized carbons (Fsp3) is 0.286. The Labute approximate surface area is 82.9 Å². The molecule has 2 rings (SSSR count). The Kier molecular flexibility index (Phi) is 1.71. The Balaban J connectivity index is 3.24. The summed E-state index contributed by atoms with van der Waals surface area (Å²) in [5, 5.41) is 0.220. The van der Waals surface area contributed by atoms with Crippen molar-refractivity contribution >= 4 is 17.3 Å². The van der Waals surface area contributed by atoms with Crippen LogP contribution in [0.15, 0.2) is 19.6 Å². The number of hydrogen-bond acceptors (Lipinski definition) is 3. The number of nitrogens with zero attached hydrogens (tertiary/aromatic N) is 4. The normalized spacial score (nSPS) is 13.4. The van der Waals surface area contributed by atoms with E-state index in [1.807, 2.05) is 0 Å². The molecule has 0 unspecified atom stereocenters. The molecule has 0 spiro atoms. The van der Waals surface area contributed by atoms with Gasteiger partial charge in [-0.05, 0) is 12.2 Å². The lowest BCUT2D eigenvalue weighted by atomic mass is 10.5. The third-order valence-corrected chi connectivity index (χ3v) is 2.20. The summed E-state index contributed by atoms with van der Waals surface area (Å²) in [6.45, 7) is 0. The molecule has 0 fully saturated rings. The molecule has 0 radical (unpaired) electrons. The van der Waals surface area contributed by atoms with Crippen molar-refractivity contribution in [3.63, 3.8) is 0 Å². The van der Waals surface area contributed by atoms with E-state index < -0.39 is 11.2 Å². The van der Waals surface area contributed by atoms with Crippen molar-refractivity contribution in [2.45, 2.75) is 0 Å². The second-order valence-electron chi connectivity index (χ2n) is 2.88. The fourth-order valence-corrected chi connectivity index (χ4v) is 1.43. The van der Waals surface area contributed by atoms with Crippen LogP contribution in [0.5, 0.6) is 0 Å². The molecule has 6 nitrogen and oxygen atoms in total. The van der Waals surface area contributed by atoms with Gasteiger partial charge in [-0.3, -0.25) is 13.9 Å². The summed E-state index contributed by atoms with van der Waals surface area (Å²) >= 11 is 4.73. The standard InChI is InChI=1S/C7H6N4O2S/c1-10-4-3(8-6(14)9-4)5(12)11(2)7(10)13/h1-2H3. The second kappa shape index (κ2) is 2.68. The maximum Gasteiger partial charge on any atom is 0.332 e. The Morgan fingerprint density at radius 2 is 1.79 bits per heavy atom. The molecular formula is C7H6N4O2S. The van der Waals surface area contributed by atoms with Gasteiger partial charge in [-0.1, -0.05) is 0 Å². The minimum Gasteiger partial charge on any atom is -0.279 e. The maximum atomic E-state index is 11.5. The molecule has 0 bridgehead atoms. The number of hydrogen-bond donors (Lipinski definition) is 0. The van der Waals surface area contributed by atoms with E-state index in [0.717, 1.165) is 4.57 Å². The van der Waals surface area contributed by atoms with Gasteiger partial charge in [0.15, 0.2) is 10.8 Å². The molecule has 72 valence electrons. The van der Waals surface area contributed by atoms with Gasteiger partial charge in [0.1, 0.15) is 0 Å². The minimum absolute atomic E-state index is 0.0818. The lowest BCUT2D eigenvalue weighted by Crippen LogP contribution is -2.55. The van der Waals surface area contributed by atoms with Crippen LogP contribution in [0.1, 0.15) is 0 Å². The third kappa shape index (κ3) is 0.987. The van der Waals surface area contributed by atoms with Crippen LogP contribution in [-0.2, 0) is 14.1 Å². The fourth-order valence-electron chi connectivity index (χ4n) is 1.25. The Morgan fingerprint density at radius 1 is 1.14 bits per heavy atom. The third-order valence-electron chi connectivity index (χ3n) is 2.02. The van der Waals surface area contributed by atoms with Gasteiger partial charge in [0.2, 0.25) is 5.11 Å². The molecule has 1 aliphatic rings. The first kappa shape index (κ1) is 8.95. The van der Waals surface area contributed by atoms with Crippen LogP contribution in [0.2, 0.25) is 0 Å². The lowest BCUT2D eigenvalue weighted by molar-refractivity contribution is 0.648. The van der Waals surface area contributed by atoms with E-state index >= 15 is 0 Å². The molecule has 0 saturated carbocycles. The van der Waals surface area contributed by atoms with Gasteiger partial charge in [0, 0.05) is 14.1 Å². The summed E-state index contributed by atoms with van der Waals surface area (Å²) in [5.41, 5.74) is -0.660. The number of thiocarbonyl (C=S) groups is 1. The van der Waals surface area contributed by atoms with E-state index in [1.54, 1.807) is 0 Å². The SMILES string of the molecule is Cn1c(=O)c2c(n(C)c1=O)=NC(=S)N=2. The van der Waals surface area contributed by atoms with Crippen molar-refractivity contribution in [1.29, 1.82) is 0 Å². The molecule has 1 aliphatic heterocycles. The number of rotatable bonds is 0. The van der Waals surface area contributed by atoms with Crippen molar-refractivity contribution < 1.29 is 0 Å². The first-order valence-electron chi connectivity index (χ1n) is 3.80. The molecular weight excluding hydrogens is 204 g/mol. The van der Waals surface area contributed by atoms with Gasteiger partial charge in [0.25, 0.3) is 5.56 Å². The molecule has 0 N–H and O–H groups in total. The maximum absolute atomic E-state index is 11.5. The quantitative estimate of drug-likeness (QED) is 0.449. The molecule has 2 heterocycles. The van der Waals surface area contributed by atoms with E-state index in [4.69, 9.17) is 12.2 Å². The molecule has 1 aromatic heterocycles. The minimum atomic E-state index is -0.466. The average Bonchev–Trinajstić information content (AvgIpc) is 2.54. The van der Waals surface area contributed by atoms with Gasteiger partial charge in [-0.25, -0.2) is 9.79 Å². The van der Waals surface area contributed by atoms with Crippen LogP contribution in [0.25, 0.3) is 0 Å². The van der Waals surface area contributed by atoms with E-state index in [2.05, 4.69) is 9.98 Å². The largest absolute Gasteiger partial charge is 0.332 e. The van der Waals surface area contributed by atoms with E-state index in [1.165, 1.54) is 18.7 Å². The zero-order valence-electron chi connectivity index (χ0n) is 7.51. The van der Waals surface area contributed by atoms with Crippen molar-refractivity contribution in [2.24, 2.45) is 24.1 Å². The first-order valence-corrected chi connectivity index (χ1v) is 4.20. The molecule has 0 saturated heterocycles. The Morgan fingerprint density at radius 3 is 2.43 bits per heavy atom. The monoisotopic (exact) mass is 210 g/mol. The molecule has 0 amide bonds. The predicted octanol–water partition coefficient (Wildman–Crippen LogP) is -2.38. The first-order chi connectivity index (χ1) is 6.52. The Bertz CT molecular complexity index is 667. The lowest BCUT2D eigenvalue weighted by Gasteiger charge is -1.98. The van der Waals surface area contributed by atoms with Gasteiger partial charge in [-0.2, -0.15) is 4.99 Å². The van der Waals surface area contributed by atoms with Crippen LogP contribution < -0.4 is 22.1 Å². The van der Waals surface area contributed by atoms with Crippen molar-refractivity contribution in [2.75, 3.05) is 0 Å². The van der Waals surface area contributed by atoms with Crippen LogP contribution >= 0.6 is 12.2 Å². The summed E-state index contributed by atoms with van der Waals surface area (Å²) < 4.78 is 2.23. The van der Waals surface area contributed by atoms with Crippen LogP contribution in [0, 0.1) is 0 Å². The van der Waals surface area contributed by atoms with Crippen LogP contribution in [-0.4, -0.2) is 14.2 Å². The van der Waals surface area contributed by atoms with Crippen LogP contribution in [0.3, 0.4) is 0 Å². The van der Waals surface area contributed by atoms with Gasteiger partial charge < -0.3 is 0 Å². The highest BCUT2D eigenvalue weighted by Gasteiger charge is 2.11. The van der Waals surface area contributed by atoms with E-state index in [-0.39, 0.29) is 16.0 Å². The van der Waals surface area contributed by atoms with Gasteiger partial charge >= 0.3 is 5.69 Å². The van der Waals surface area contributed by atoms with E-state index in [9.17, 15) is 9.59 Å².